The van der Waals surface area contributed by atoms with Crippen LogP contribution in [-0.2, 0) is 4.79 Å². The Hall–Kier alpha value is -1.55. The van der Waals surface area contributed by atoms with Gasteiger partial charge >= 0.3 is 0 Å². The van der Waals surface area contributed by atoms with Gasteiger partial charge in [0, 0.05) is 18.9 Å². The summed E-state index contributed by atoms with van der Waals surface area (Å²) in [6.45, 7) is 3.36. The predicted molar refractivity (Wildman–Crippen MR) is 76.8 cm³/mol. The molecule has 1 unspecified atom stereocenters. The Morgan fingerprint density at radius 2 is 2.15 bits per heavy atom. The number of ether oxygens (including phenoxy) is 1. The highest BCUT2D eigenvalue weighted by Gasteiger charge is 2.55. The van der Waals surface area contributed by atoms with Crippen LogP contribution in [0.15, 0.2) is 18.2 Å². The van der Waals surface area contributed by atoms with Crippen LogP contribution in [0.2, 0.25) is 0 Å². The average molecular weight is 272 g/mol. The number of hydrogen-bond donors (Lipinski definition) is 2. The van der Waals surface area contributed by atoms with Crippen molar-refractivity contribution < 1.29 is 9.53 Å². The van der Waals surface area contributed by atoms with Crippen molar-refractivity contribution in [3.63, 3.8) is 0 Å². The molecule has 4 heteroatoms. The molecule has 1 aromatic carbocycles. The molecule has 1 saturated heterocycles. The number of carbonyl (C=O) groups is 1. The van der Waals surface area contributed by atoms with Crippen molar-refractivity contribution in [2.45, 2.75) is 44.2 Å². The fraction of sp³-hybridized carbons (Fsp3) is 0.562. The number of fused-ring (bicyclic) bond motifs is 1. The van der Waals surface area contributed by atoms with Gasteiger partial charge < -0.3 is 15.4 Å². The molecular formula is C16H20N2O2. The predicted octanol–water partition coefficient (Wildman–Crippen LogP) is 2.61. The molecule has 1 amide bonds. The lowest BCUT2D eigenvalue weighted by Gasteiger charge is -2.30. The van der Waals surface area contributed by atoms with Crippen LogP contribution >= 0.6 is 0 Å². The Kier molecular flexibility index (Phi) is 2.58. The van der Waals surface area contributed by atoms with Crippen molar-refractivity contribution >= 4 is 11.6 Å². The normalized spacial score (nSPS) is 30.4. The van der Waals surface area contributed by atoms with Crippen LogP contribution in [0, 0.1) is 5.92 Å². The van der Waals surface area contributed by atoms with Crippen molar-refractivity contribution in [2.75, 3.05) is 11.9 Å². The third kappa shape index (κ3) is 1.90. The summed E-state index contributed by atoms with van der Waals surface area (Å²) in [5.74, 6) is 1.61. The molecule has 2 N–H and O–H groups in total. The second kappa shape index (κ2) is 4.22. The van der Waals surface area contributed by atoms with Gasteiger partial charge in [-0.25, -0.2) is 0 Å². The molecule has 20 heavy (non-hydrogen) atoms. The molecule has 3 aliphatic rings. The zero-order valence-electron chi connectivity index (χ0n) is 11.7. The first kappa shape index (κ1) is 12.2. The molecule has 0 bridgehead atoms. The quantitative estimate of drug-likeness (QED) is 0.826. The van der Waals surface area contributed by atoms with Crippen molar-refractivity contribution in [1.29, 1.82) is 0 Å². The molecular weight excluding hydrogens is 252 g/mol. The fourth-order valence-electron chi connectivity index (χ4n) is 3.16. The second-order valence-corrected chi connectivity index (χ2v) is 6.45. The van der Waals surface area contributed by atoms with Gasteiger partial charge in [0.2, 0.25) is 0 Å². The first-order valence-electron chi connectivity index (χ1n) is 7.54. The van der Waals surface area contributed by atoms with E-state index in [1.807, 2.05) is 6.07 Å². The summed E-state index contributed by atoms with van der Waals surface area (Å²) in [7, 11) is 0. The number of carbonyl (C=O) groups excluding carboxylic acids is 1. The molecule has 1 saturated carbocycles. The molecule has 1 spiro atoms. The Labute approximate surface area is 118 Å². The van der Waals surface area contributed by atoms with Crippen molar-refractivity contribution in [3.05, 3.63) is 23.8 Å². The third-order valence-electron chi connectivity index (χ3n) is 4.74. The largest absolute Gasteiger partial charge is 0.475 e. The lowest BCUT2D eigenvalue weighted by Crippen LogP contribution is -2.39. The molecule has 1 aliphatic carbocycles. The van der Waals surface area contributed by atoms with E-state index in [0.29, 0.717) is 6.04 Å². The molecule has 2 atom stereocenters. The Bertz CT molecular complexity index is 558. The molecule has 4 nitrogen and oxygen atoms in total. The monoisotopic (exact) mass is 272 g/mol. The maximum absolute atomic E-state index is 11.9. The Morgan fingerprint density at radius 1 is 1.30 bits per heavy atom. The third-order valence-corrected chi connectivity index (χ3v) is 4.74. The van der Waals surface area contributed by atoms with E-state index in [1.165, 1.54) is 12.0 Å². The maximum atomic E-state index is 11.9. The first-order chi connectivity index (χ1) is 9.66. The molecule has 0 aromatic heterocycles. The van der Waals surface area contributed by atoms with E-state index in [0.717, 1.165) is 43.2 Å². The standard InChI is InChI=1S/C16H20N2O2/c1-10-2-4-12(17-9-10)11-3-5-13-14(8-11)20-16(6-7-16)15(19)18-13/h3,5,8,10,12,17H,2,4,6-7,9H2,1H3,(H,18,19)/t10-,12?/m0/s1. The van der Waals surface area contributed by atoms with E-state index < -0.39 is 5.60 Å². The van der Waals surface area contributed by atoms with Gasteiger partial charge in [-0.2, -0.15) is 0 Å². The average Bonchev–Trinajstić information content (AvgIpc) is 3.21. The Balaban J connectivity index is 1.60. The zero-order chi connectivity index (χ0) is 13.7. The van der Waals surface area contributed by atoms with E-state index in [4.69, 9.17) is 4.74 Å². The van der Waals surface area contributed by atoms with Gasteiger partial charge in [0.25, 0.3) is 5.91 Å². The van der Waals surface area contributed by atoms with Crippen LogP contribution in [0.25, 0.3) is 0 Å². The number of nitrogens with one attached hydrogen (secondary N) is 2. The van der Waals surface area contributed by atoms with E-state index >= 15 is 0 Å². The summed E-state index contributed by atoms with van der Waals surface area (Å²) >= 11 is 0. The highest BCUT2D eigenvalue weighted by atomic mass is 16.5. The zero-order valence-corrected chi connectivity index (χ0v) is 11.7. The Morgan fingerprint density at radius 3 is 2.85 bits per heavy atom. The molecule has 2 fully saturated rings. The number of piperidine rings is 1. The van der Waals surface area contributed by atoms with Gasteiger partial charge in [-0.3, -0.25) is 4.79 Å². The van der Waals surface area contributed by atoms with Gasteiger partial charge in [-0.1, -0.05) is 13.0 Å². The maximum Gasteiger partial charge on any atom is 0.268 e. The summed E-state index contributed by atoms with van der Waals surface area (Å²) in [5, 5.41) is 6.56. The van der Waals surface area contributed by atoms with E-state index in [1.54, 1.807) is 0 Å². The van der Waals surface area contributed by atoms with Crippen LogP contribution < -0.4 is 15.4 Å². The van der Waals surface area contributed by atoms with Gasteiger partial charge in [0.1, 0.15) is 5.75 Å². The van der Waals surface area contributed by atoms with Crippen LogP contribution in [0.1, 0.15) is 44.2 Å². The summed E-state index contributed by atoms with van der Waals surface area (Å²) in [6.07, 6.45) is 4.09. The molecule has 2 heterocycles. The van der Waals surface area contributed by atoms with Gasteiger partial charge in [0.05, 0.1) is 5.69 Å². The number of benzene rings is 1. The van der Waals surface area contributed by atoms with E-state index in [2.05, 4.69) is 29.7 Å². The SMILES string of the molecule is C[C@H]1CCC(c2ccc3c(c2)OC2(CC2)C(=O)N3)NC1. The van der Waals surface area contributed by atoms with Gasteiger partial charge in [0.15, 0.2) is 5.60 Å². The fourth-order valence-corrected chi connectivity index (χ4v) is 3.16. The van der Waals surface area contributed by atoms with Crippen LogP contribution in [0.4, 0.5) is 5.69 Å². The second-order valence-electron chi connectivity index (χ2n) is 6.45. The minimum atomic E-state index is -0.555. The number of amides is 1. The number of anilines is 1. The topological polar surface area (TPSA) is 50.4 Å². The number of hydrogen-bond acceptors (Lipinski definition) is 3. The molecule has 106 valence electrons. The summed E-state index contributed by atoms with van der Waals surface area (Å²) < 4.78 is 5.96. The van der Waals surface area contributed by atoms with Crippen molar-refractivity contribution in [2.24, 2.45) is 5.92 Å². The highest BCUT2D eigenvalue weighted by Crippen LogP contribution is 2.47. The molecule has 1 aromatic rings. The van der Waals surface area contributed by atoms with E-state index in [-0.39, 0.29) is 5.91 Å². The van der Waals surface area contributed by atoms with Crippen molar-refractivity contribution in [3.8, 4) is 5.75 Å². The van der Waals surface area contributed by atoms with Gasteiger partial charge in [-0.05, 0) is 43.0 Å². The minimum Gasteiger partial charge on any atom is -0.475 e. The molecule has 2 aliphatic heterocycles. The minimum absolute atomic E-state index is 0.0161. The van der Waals surface area contributed by atoms with Crippen molar-refractivity contribution in [1.82, 2.24) is 5.32 Å². The smallest absolute Gasteiger partial charge is 0.268 e. The van der Waals surface area contributed by atoms with Gasteiger partial charge in [-0.15, -0.1) is 0 Å². The molecule has 4 rings (SSSR count). The summed E-state index contributed by atoms with van der Waals surface area (Å²) in [5.41, 5.74) is 1.52. The van der Waals surface area contributed by atoms with Crippen LogP contribution in [0.5, 0.6) is 5.75 Å². The van der Waals surface area contributed by atoms with Crippen LogP contribution in [0.3, 0.4) is 0 Å². The summed E-state index contributed by atoms with van der Waals surface area (Å²) in [4.78, 5) is 11.9. The summed E-state index contributed by atoms with van der Waals surface area (Å²) in [6, 6.07) is 6.58. The molecule has 0 radical (unpaired) electrons. The first-order valence-corrected chi connectivity index (χ1v) is 7.54. The lowest BCUT2D eigenvalue weighted by atomic mass is 9.92. The lowest BCUT2D eigenvalue weighted by molar-refractivity contribution is -0.125. The van der Waals surface area contributed by atoms with Crippen LogP contribution in [-0.4, -0.2) is 18.1 Å². The number of rotatable bonds is 1. The van der Waals surface area contributed by atoms with E-state index in [9.17, 15) is 4.79 Å². The highest BCUT2D eigenvalue weighted by molar-refractivity contribution is 6.02.